The maximum absolute atomic E-state index is 12.0. The van der Waals surface area contributed by atoms with E-state index >= 15 is 0 Å². The molecule has 1 rings (SSSR count). The SMILES string of the molecule is CCCC(NC(=O)NC(CC)C1CCCCC1)C(=O)O. The van der Waals surface area contributed by atoms with Crippen LogP contribution >= 0.6 is 0 Å². The molecule has 1 saturated carbocycles. The molecule has 5 nitrogen and oxygen atoms in total. The maximum Gasteiger partial charge on any atom is 0.326 e. The molecule has 3 N–H and O–H groups in total. The standard InChI is InChI=1S/C15H28N2O3/c1-3-8-13(14(18)19)17-15(20)16-12(4-2)11-9-6-5-7-10-11/h11-13H,3-10H2,1-2H3,(H,18,19)(H2,16,17,20). The Balaban J connectivity index is 2.47. The van der Waals surface area contributed by atoms with Crippen LogP contribution in [0.4, 0.5) is 4.79 Å². The van der Waals surface area contributed by atoms with Crippen molar-refractivity contribution in [2.45, 2.75) is 77.3 Å². The Bertz CT molecular complexity index is 314. The van der Waals surface area contributed by atoms with Crippen LogP contribution in [0.1, 0.15) is 65.2 Å². The molecule has 0 aromatic carbocycles. The third kappa shape index (κ3) is 5.39. The first-order valence-corrected chi connectivity index (χ1v) is 7.88. The van der Waals surface area contributed by atoms with Gasteiger partial charge in [-0.25, -0.2) is 9.59 Å². The van der Waals surface area contributed by atoms with Gasteiger partial charge >= 0.3 is 12.0 Å². The van der Waals surface area contributed by atoms with Crippen LogP contribution in [0.2, 0.25) is 0 Å². The molecule has 0 aromatic heterocycles. The summed E-state index contributed by atoms with van der Waals surface area (Å²) in [7, 11) is 0. The Morgan fingerprint density at radius 1 is 1.15 bits per heavy atom. The van der Waals surface area contributed by atoms with Crippen molar-refractivity contribution in [2.24, 2.45) is 5.92 Å². The van der Waals surface area contributed by atoms with Crippen molar-refractivity contribution in [3.8, 4) is 0 Å². The van der Waals surface area contributed by atoms with E-state index in [1.54, 1.807) is 0 Å². The van der Waals surface area contributed by atoms with Crippen molar-refractivity contribution in [3.05, 3.63) is 0 Å². The van der Waals surface area contributed by atoms with Gasteiger partial charge in [0.25, 0.3) is 0 Å². The molecular formula is C15H28N2O3. The molecule has 0 heterocycles. The van der Waals surface area contributed by atoms with E-state index in [-0.39, 0.29) is 12.1 Å². The molecular weight excluding hydrogens is 256 g/mol. The van der Waals surface area contributed by atoms with Gasteiger partial charge in [0.2, 0.25) is 0 Å². The smallest absolute Gasteiger partial charge is 0.326 e. The lowest BCUT2D eigenvalue weighted by Crippen LogP contribution is -2.50. The van der Waals surface area contributed by atoms with Crippen molar-refractivity contribution in [1.29, 1.82) is 0 Å². The summed E-state index contributed by atoms with van der Waals surface area (Å²) >= 11 is 0. The van der Waals surface area contributed by atoms with Crippen molar-refractivity contribution in [3.63, 3.8) is 0 Å². The number of hydrogen-bond acceptors (Lipinski definition) is 2. The van der Waals surface area contributed by atoms with E-state index in [0.29, 0.717) is 12.3 Å². The van der Waals surface area contributed by atoms with E-state index in [9.17, 15) is 9.59 Å². The van der Waals surface area contributed by atoms with E-state index in [4.69, 9.17) is 5.11 Å². The van der Waals surface area contributed by atoms with Crippen LogP contribution in [0, 0.1) is 5.92 Å². The molecule has 5 heteroatoms. The summed E-state index contributed by atoms with van der Waals surface area (Å²) in [6, 6.07) is -0.974. The lowest BCUT2D eigenvalue weighted by atomic mass is 9.83. The van der Waals surface area contributed by atoms with Gasteiger partial charge < -0.3 is 15.7 Å². The van der Waals surface area contributed by atoms with E-state index < -0.39 is 12.0 Å². The molecule has 1 aliphatic rings. The third-order valence-electron chi connectivity index (χ3n) is 4.16. The predicted molar refractivity (Wildman–Crippen MR) is 78.7 cm³/mol. The molecule has 2 atom stereocenters. The molecule has 116 valence electrons. The van der Waals surface area contributed by atoms with Gasteiger partial charge in [0, 0.05) is 6.04 Å². The van der Waals surface area contributed by atoms with Crippen LogP contribution in [0.15, 0.2) is 0 Å². The number of carboxylic acid groups (broad SMARTS) is 1. The summed E-state index contributed by atoms with van der Waals surface area (Å²) in [6.07, 6.45) is 8.17. The highest BCUT2D eigenvalue weighted by Gasteiger charge is 2.25. The van der Waals surface area contributed by atoms with Crippen molar-refractivity contribution in [1.82, 2.24) is 10.6 Å². The molecule has 0 aromatic rings. The fourth-order valence-corrected chi connectivity index (χ4v) is 3.00. The Labute approximate surface area is 121 Å². The van der Waals surface area contributed by atoms with E-state index in [1.165, 1.54) is 19.3 Å². The van der Waals surface area contributed by atoms with Crippen molar-refractivity contribution in [2.75, 3.05) is 0 Å². The second kappa shape index (κ2) is 8.82. The summed E-state index contributed by atoms with van der Waals surface area (Å²) in [5.41, 5.74) is 0. The predicted octanol–water partition coefficient (Wildman–Crippen LogP) is 2.90. The van der Waals surface area contributed by atoms with Crippen LogP contribution < -0.4 is 10.6 Å². The number of carbonyl (C=O) groups excluding carboxylic acids is 1. The number of urea groups is 1. The Morgan fingerprint density at radius 2 is 1.80 bits per heavy atom. The summed E-state index contributed by atoms with van der Waals surface area (Å²) in [6.45, 7) is 3.98. The third-order valence-corrected chi connectivity index (χ3v) is 4.16. The minimum atomic E-state index is -0.965. The molecule has 0 spiro atoms. The highest BCUT2D eigenvalue weighted by molar-refractivity contribution is 5.82. The monoisotopic (exact) mass is 284 g/mol. The van der Waals surface area contributed by atoms with Crippen molar-refractivity contribution >= 4 is 12.0 Å². The van der Waals surface area contributed by atoms with Crippen LogP contribution in [0.3, 0.4) is 0 Å². The Hall–Kier alpha value is -1.26. The number of aliphatic carboxylic acids is 1. The van der Waals surface area contributed by atoms with Gasteiger partial charge in [-0.2, -0.15) is 0 Å². The molecule has 0 saturated heterocycles. The largest absolute Gasteiger partial charge is 0.480 e. The molecule has 0 bridgehead atoms. The maximum atomic E-state index is 12.0. The van der Waals surface area contributed by atoms with Gasteiger partial charge in [-0.3, -0.25) is 0 Å². The fourth-order valence-electron chi connectivity index (χ4n) is 3.00. The number of rotatable bonds is 7. The molecule has 1 aliphatic carbocycles. The van der Waals surface area contributed by atoms with Gasteiger partial charge in [0.1, 0.15) is 6.04 Å². The first-order chi connectivity index (χ1) is 9.58. The number of nitrogens with one attached hydrogen (secondary N) is 2. The van der Waals surface area contributed by atoms with Gasteiger partial charge in [0.15, 0.2) is 0 Å². The zero-order valence-corrected chi connectivity index (χ0v) is 12.7. The average Bonchev–Trinajstić information content (AvgIpc) is 2.45. The number of amides is 2. The van der Waals surface area contributed by atoms with Gasteiger partial charge in [-0.1, -0.05) is 39.5 Å². The lowest BCUT2D eigenvalue weighted by Gasteiger charge is -2.30. The number of carbonyl (C=O) groups is 2. The summed E-state index contributed by atoms with van der Waals surface area (Å²) in [4.78, 5) is 23.0. The van der Waals surface area contributed by atoms with Gasteiger partial charge in [-0.15, -0.1) is 0 Å². The summed E-state index contributed by atoms with van der Waals surface area (Å²) in [5.74, 6) is -0.429. The Kier molecular flexibility index (Phi) is 7.41. The normalized spacial score (nSPS) is 19.1. The highest BCUT2D eigenvalue weighted by Crippen LogP contribution is 2.27. The van der Waals surface area contributed by atoms with E-state index in [2.05, 4.69) is 17.6 Å². The Morgan fingerprint density at radius 3 is 2.30 bits per heavy atom. The highest BCUT2D eigenvalue weighted by atomic mass is 16.4. The second-order valence-corrected chi connectivity index (χ2v) is 5.71. The van der Waals surface area contributed by atoms with Crippen molar-refractivity contribution < 1.29 is 14.7 Å². The first kappa shape index (κ1) is 16.8. The van der Waals surface area contributed by atoms with Gasteiger partial charge in [0.05, 0.1) is 0 Å². The average molecular weight is 284 g/mol. The van der Waals surface area contributed by atoms with Crippen LogP contribution in [0.5, 0.6) is 0 Å². The molecule has 0 aliphatic heterocycles. The molecule has 2 amide bonds. The molecule has 20 heavy (non-hydrogen) atoms. The van der Waals surface area contributed by atoms with Crippen LogP contribution in [-0.4, -0.2) is 29.2 Å². The van der Waals surface area contributed by atoms with Gasteiger partial charge in [-0.05, 0) is 31.6 Å². The zero-order chi connectivity index (χ0) is 15.0. The molecule has 1 fully saturated rings. The fraction of sp³-hybridized carbons (Fsp3) is 0.867. The van der Waals surface area contributed by atoms with E-state index in [1.807, 2.05) is 6.92 Å². The molecule has 2 unspecified atom stereocenters. The van der Waals surface area contributed by atoms with E-state index in [0.717, 1.165) is 25.7 Å². The number of hydrogen-bond donors (Lipinski definition) is 3. The minimum Gasteiger partial charge on any atom is -0.480 e. The molecule has 0 radical (unpaired) electrons. The first-order valence-electron chi connectivity index (χ1n) is 7.88. The minimum absolute atomic E-state index is 0.159. The quantitative estimate of drug-likeness (QED) is 0.672. The lowest BCUT2D eigenvalue weighted by molar-refractivity contribution is -0.139. The number of carboxylic acids is 1. The summed E-state index contributed by atoms with van der Waals surface area (Å²) in [5, 5.41) is 14.6. The second-order valence-electron chi connectivity index (χ2n) is 5.71. The van der Waals surface area contributed by atoms with Crippen LogP contribution in [0.25, 0.3) is 0 Å². The zero-order valence-electron chi connectivity index (χ0n) is 12.7. The summed E-state index contributed by atoms with van der Waals surface area (Å²) < 4.78 is 0. The topological polar surface area (TPSA) is 78.4 Å². The van der Waals surface area contributed by atoms with Crippen LogP contribution in [-0.2, 0) is 4.79 Å².